The first-order valence-electron chi connectivity index (χ1n) is 7.37. The van der Waals surface area contributed by atoms with Gasteiger partial charge in [0.15, 0.2) is 5.69 Å². The van der Waals surface area contributed by atoms with E-state index in [1.807, 2.05) is 12.1 Å². The summed E-state index contributed by atoms with van der Waals surface area (Å²) in [5.41, 5.74) is 2.58. The van der Waals surface area contributed by atoms with Gasteiger partial charge in [0, 0.05) is 6.54 Å². The van der Waals surface area contributed by atoms with E-state index in [0.717, 1.165) is 19.0 Å². The minimum absolute atomic E-state index is 0.0201. The molecule has 0 bridgehead atoms. The van der Waals surface area contributed by atoms with Crippen LogP contribution in [0.4, 0.5) is 0 Å². The maximum Gasteiger partial charge on any atom is 0.356 e. The normalized spacial score (nSPS) is 15.0. The van der Waals surface area contributed by atoms with E-state index in [2.05, 4.69) is 34.3 Å². The van der Waals surface area contributed by atoms with Crippen LogP contribution in [0.15, 0.2) is 36.7 Å². The second kappa shape index (κ2) is 5.79. The Bertz CT molecular complexity index is 731. The maximum absolute atomic E-state index is 12.1. The van der Waals surface area contributed by atoms with Crippen LogP contribution in [0.5, 0.6) is 0 Å². The van der Waals surface area contributed by atoms with Crippen LogP contribution in [0.1, 0.15) is 39.0 Å². The van der Waals surface area contributed by atoms with Crippen molar-refractivity contribution in [3.63, 3.8) is 0 Å². The molecule has 0 radical (unpaired) electrons. The molecule has 6 nitrogen and oxygen atoms in total. The lowest BCUT2D eigenvalue weighted by atomic mass is 9.87. The van der Waals surface area contributed by atoms with Crippen LogP contribution in [0.3, 0.4) is 0 Å². The van der Waals surface area contributed by atoms with Gasteiger partial charge in [-0.1, -0.05) is 31.2 Å². The highest BCUT2D eigenvalue weighted by Crippen LogP contribution is 2.35. The summed E-state index contributed by atoms with van der Waals surface area (Å²) in [5.74, 6) is -1.51. The van der Waals surface area contributed by atoms with Gasteiger partial charge in [-0.3, -0.25) is 4.79 Å². The molecular formula is C17H17N3O3. The minimum atomic E-state index is -1.17. The fourth-order valence-electron chi connectivity index (χ4n) is 2.95. The van der Waals surface area contributed by atoms with E-state index in [4.69, 9.17) is 5.11 Å². The van der Waals surface area contributed by atoms with E-state index in [1.165, 1.54) is 17.3 Å². The fourth-order valence-corrected chi connectivity index (χ4v) is 2.95. The average Bonchev–Trinajstić information content (AvgIpc) is 2.89. The SMILES string of the molecule is CC1(CNC(=O)c2cnc(C(=O)O)cn2)Cc2ccccc2C1. The number of nitrogens with one attached hydrogen (secondary N) is 1. The average molecular weight is 311 g/mol. The number of carbonyl (C=O) groups excluding carboxylic acids is 1. The summed E-state index contributed by atoms with van der Waals surface area (Å²) in [6.45, 7) is 2.68. The summed E-state index contributed by atoms with van der Waals surface area (Å²) >= 11 is 0. The Balaban J connectivity index is 1.62. The third-order valence-corrected chi connectivity index (χ3v) is 4.13. The number of rotatable bonds is 4. The number of carbonyl (C=O) groups is 2. The third kappa shape index (κ3) is 3.21. The number of aromatic nitrogens is 2. The zero-order valence-electron chi connectivity index (χ0n) is 12.7. The molecule has 1 amide bonds. The molecule has 0 atom stereocenters. The summed E-state index contributed by atoms with van der Waals surface area (Å²) in [4.78, 5) is 30.4. The van der Waals surface area contributed by atoms with Crippen molar-refractivity contribution in [1.29, 1.82) is 0 Å². The lowest BCUT2D eigenvalue weighted by Crippen LogP contribution is -2.36. The van der Waals surface area contributed by atoms with Crippen molar-refractivity contribution in [3.8, 4) is 0 Å². The van der Waals surface area contributed by atoms with E-state index in [-0.39, 0.29) is 22.7 Å². The van der Waals surface area contributed by atoms with Gasteiger partial charge in [-0.05, 0) is 29.4 Å². The number of hydrogen-bond donors (Lipinski definition) is 2. The number of benzene rings is 1. The standard InChI is InChI=1S/C17H17N3O3/c1-17(6-11-4-2-3-5-12(11)7-17)10-20-15(21)13-8-19-14(9-18-13)16(22)23/h2-5,8-9H,6-7,10H2,1H3,(H,20,21)(H,22,23). The monoisotopic (exact) mass is 311 g/mol. The lowest BCUT2D eigenvalue weighted by molar-refractivity contribution is 0.0689. The summed E-state index contributed by atoms with van der Waals surface area (Å²) in [7, 11) is 0. The molecule has 3 rings (SSSR count). The minimum Gasteiger partial charge on any atom is -0.476 e. The van der Waals surface area contributed by atoms with Gasteiger partial charge in [-0.15, -0.1) is 0 Å². The second-order valence-electron chi connectivity index (χ2n) is 6.21. The number of fused-ring (bicyclic) bond motifs is 1. The van der Waals surface area contributed by atoms with Gasteiger partial charge in [0.05, 0.1) is 12.4 Å². The smallest absolute Gasteiger partial charge is 0.356 e. The van der Waals surface area contributed by atoms with Crippen LogP contribution >= 0.6 is 0 Å². The zero-order valence-corrected chi connectivity index (χ0v) is 12.7. The largest absolute Gasteiger partial charge is 0.476 e. The summed E-state index contributed by atoms with van der Waals surface area (Å²) < 4.78 is 0. The van der Waals surface area contributed by atoms with Crippen molar-refractivity contribution in [2.45, 2.75) is 19.8 Å². The van der Waals surface area contributed by atoms with E-state index in [1.54, 1.807) is 0 Å². The summed E-state index contributed by atoms with van der Waals surface area (Å²) in [6.07, 6.45) is 4.12. The predicted molar refractivity (Wildman–Crippen MR) is 83.3 cm³/mol. The molecule has 0 saturated carbocycles. The third-order valence-electron chi connectivity index (χ3n) is 4.13. The maximum atomic E-state index is 12.1. The van der Waals surface area contributed by atoms with Gasteiger partial charge in [0.1, 0.15) is 5.69 Å². The number of amides is 1. The Hall–Kier alpha value is -2.76. The molecule has 6 heteroatoms. The van der Waals surface area contributed by atoms with Crippen molar-refractivity contribution in [3.05, 3.63) is 59.2 Å². The number of carboxylic acid groups (broad SMARTS) is 1. The number of nitrogens with zero attached hydrogens (tertiary/aromatic N) is 2. The number of aromatic carboxylic acids is 1. The summed E-state index contributed by atoms with van der Waals surface area (Å²) in [6, 6.07) is 8.31. The quantitative estimate of drug-likeness (QED) is 0.897. The molecule has 118 valence electrons. The zero-order chi connectivity index (χ0) is 16.4. The molecule has 23 heavy (non-hydrogen) atoms. The van der Waals surface area contributed by atoms with E-state index >= 15 is 0 Å². The van der Waals surface area contributed by atoms with Gasteiger partial charge >= 0.3 is 5.97 Å². The highest BCUT2D eigenvalue weighted by molar-refractivity contribution is 5.92. The molecule has 0 fully saturated rings. The first-order valence-corrected chi connectivity index (χ1v) is 7.37. The second-order valence-corrected chi connectivity index (χ2v) is 6.21. The van der Waals surface area contributed by atoms with Crippen molar-refractivity contribution in [2.24, 2.45) is 5.41 Å². The first-order chi connectivity index (χ1) is 11.0. The van der Waals surface area contributed by atoms with E-state index in [9.17, 15) is 9.59 Å². The van der Waals surface area contributed by atoms with Gasteiger partial charge in [-0.2, -0.15) is 0 Å². The lowest BCUT2D eigenvalue weighted by Gasteiger charge is -2.23. The Morgan fingerprint density at radius 3 is 2.22 bits per heavy atom. The molecular weight excluding hydrogens is 294 g/mol. The highest BCUT2D eigenvalue weighted by Gasteiger charge is 2.33. The highest BCUT2D eigenvalue weighted by atomic mass is 16.4. The van der Waals surface area contributed by atoms with Crippen LogP contribution in [0, 0.1) is 5.41 Å². The van der Waals surface area contributed by atoms with Crippen molar-refractivity contribution < 1.29 is 14.7 Å². The molecule has 0 spiro atoms. The van der Waals surface area contributed by atoms with Gasteiger partial charge < -0.3 is 10.4 Å². The summed E-state index contributed by atoms with van der Waals surface area (Å²) in [5, 5.41) is 11.7. The van der Waals surface area contributed by atoms with Crippen LogP contribution in [0.25, 0.3) is 0 Å². The number of hydrogen-bond acceptors (Lipinski definition) is 4. The molecule has 1 aromatic carbocycles. The Morgan fingerprint density at radius 1 is 1.13 bits per heavy atom. The van der Waals surface area contributed by atoms with Gasteiger partial charge in [0.25, 0.3) is 5.91 Å². The van der Waals surface area contributed by atoms with Crippen LogP contribution in [0.2, 0.25) is 0 Å². The van der Waals surface area contributed by atoms with Crippen LogP contribution in [-0.4, -0.2) is 33.5 Å². The molecule has 0 unspecified atom stereocenters. The van der Waals surface area contributed by atoms with Crippen molar-refractivity contribution in [1.82, 2.24) is 15.3 Å². The first kappa shape index (κ1) is 15.1. The topological polar surface area (TPSA) is 92.2 Å². The number of carboxylic acids is 1. The van der Waals surface area contributed by atoms with Gasteiger partial charge in [-0.25, -0.2) is 14.8 Å². The van der Waals surface area contributed by atoms with Crippen molar-refractivity contribution >= 4 is 11.9 Å². The molecule has 1 aromatic heterocycles. The molecule has 0 saturated heterocycles. The Morgan fingerprint density at radius 2 is 1.70 bits per heavy atom. The predicted octanol–water partition coefficient (Wildman–Crippen LogP) is 1.71. The Kier molecular flexibility index (Phi) is 3.82. The van der Waals surface area contributed by atoms with Gasteiger partial charge in [0.2, 0.25) is 0 Å². The fraction of sp³-hybridized carbons (Fsp3) is 0.294. The van der Waals surface area contributed by atoms with Crippen molar-refractivity contribution in [2.75, 3.05) is 6.54 Å². The van der Waals surface area contributed by atoms with E-state index < -0.39 is 5.97 Å². The molecule has 1 heterocycles. The van der Waals surface area contributed by atoms with E-state index in [0.29, 0.717) is 6.54 Å². The Labute approximate surface area is 133 Å². The van der Waals surface area contributed by atoms with Crippen LogP contribution in [-0.2, 0) is 12.8 Å². The molecule has 2 N–H and O–H groups in total. The van der Waals surface area contributed by atoms with Crippen LogP contribution < -0.4 is 5.32 Å². The molecule has 1 aliphatic rings. The molecule has 1 aliphatic carbocycles. The molecule has 2 aromatic rings. The molecule has 0 aliphatic heterocycles.